The van der Waals surface area contributed by atoms with Crippen molar-refractivity contribution in [1.82, 2.24) is 4.31 Å². The molecule has 2 aromatic carbocycles. The Morgan fingerprint density at radius 1 is 0.852 bits per heavy atom. The lowest BCUT2D eigenvalue weighted by molar-refractivity contribution is 0.384. The summed E-state index contributed by atoms with van der Waals surface area (Å²) < 4.78 is 28.0. The van der Waals surface area contributed by atoms with Crippen LogP contribution >= 0.6 is 0 Å². The van der Waals surface area contributed by atoms with E-state index in [4.69, 9.17) is 0 Å². The van der Waals surface area contributed by atoms with Crippen LogP contribution in [-0.4, -0.2) is 53.0 Å². The van der Waals surface area contributed by atoms with Gasteiger partial charge < -0.3 is 9.80 Å². The second-order valence-electron chi connectivity index (χ2n) is 7.53. The van der Waals surface area contributed by atoms with Crippen LogP contribution in [0.15, 0.2) is 41.3 Å². The second kappa shape index (κ2) is 7.52. The molecule has 3 rings (SSSR count). The molecule has 1 aliphatic heterocycles. The molecule has 27 heavy (non-hydrogen) atoms. The average molecular weight is 388 g/mol. The van der Waals surface area contributed by atoms with Crippen LogP contribution in [0.5, 0.6) is 0 Å². The van der Waals surface area contributed by atoms with Crippen molar-refractivity contribution < 1.29 is 8.42 Å². The topological polar surface area (TPSA) is 43.9 Å². The fourth-order valence-electron chi connectivity index (χ4n) is 3.85. The normalized spacial score (nSPS) is 15.8. The van der Waals surface area contributed by atoms with Crippen molar-refractivity contribution in [3.8, 4) is 0 Å². The minimum atomic E-state index is -3.46. The van der Waals surface area contributed by atoms with Gasteiger partial charge in [-0.1, -0.05) is 17.7 Å². The number of nitrogens with zero attached hydrogens (tertiary/aromatic N) is 3. The zero-order valence-electron chi connectivity index (χ0n) is 16.9. The molecule has 0 unspecified atom stereocenters. The van der Waals surface area contributed by atoms with Crippen molar-refractivity contribution >= 4 is 21.4 Å². The van der Waals surface area contributed by atoms with E-state index in [9.17, 15) is 8.42 Å². The lowest BCUT2D eigenvalue weighted by atomic mass is 10.1. The summed E-state index contributed by atoms with van der Waals surface area (Å²) in [4.78, 5) is 4.79. The summed E-state index contributed by atoms with van der Waals surface area (Å²) in [6, 6.07) is 12.3. The van der Waals surface area contributed by atoms with E-state index >= 15 is 0 Å². The number of hydrogen-bond acceptors (Lipinski definition) is 4. The van der Waals surface area contributed by atoms with Gasteiger partial charge in [0.1, 0.15) is 0 Å². The predicted octanol–water partition coefficient (Wildman–Crippen LogP) is 3.19. The first-order valence-corrected chi connectivity index (χ1v) is 10.7. The molecule has 0 saturated carbocycles. The molecule has 0 N–H and O–H groups in total. The Hall–Kier alpha value is -2.05. The van der Waals surface area contributed by atoms with Crippen LogP contribution in [0.4, 0.5) is 11.4 Å². The summed E-state index contributed by atoms with van der Waals surface area (Å²) in [5.41, 5.74) is 5.05. The van der Waals surface area contributed by atoms with E-state index in [0.29, 0.717) is 31.1 Å². The molecule has 1 saturated heterocycles. The number of sulfonamides is 1. The highest BCUT2D eigenvalue weighted by atomic mass is 32.2. The first kappa shape index (κ1) is 19.7. The van der Waals surface area contributed by atoms with E-state index in [1.807, 2.05) is 47.0 Å². The van der Waals surface area contributed by atoms with Crippen LogP contribution in [0.3, 0.4) is 0 Å². The summed E-state index contributed by atoms with van der Waals surface area (Å²) >= 11 is 0. The number of benzene rings is 2. The highest BCUT2D eigenvalue weighted by Gasteiger charge is 2.31. The number of piperazine rings is 1. The van der Waals surface area contributed by atoms with E-state index < -0.39 is 10.0 Å². The maximum Gasteiger partial charge on any atom is 0.243 e. The first-order valence-electron chi connectivity index (χ1n) is 9.30. The minimum absolute atomic E-state index is 0.469. The molecule has 146 valence electrons. The molecule has 2 aromatic rings. The largest absolute Gasteiger partial charge is 0.378 e. The monoisotopic (exact) mass is 387 g/mol. The third-order valence-electron chi connectivity index (χ3n) is 5.17. The smallest absolute Gasteiger partial charge is 0.243 e. The Labute approximate surface area is 163 Å². The van der Waals surface area contributed by atoms with Gasteiger partial charge in [0.2, 0.25) is 10.0 Å². The van der Waals surface area contributed by atoms with Gasteiger partial charge in [0.25, 0.3) is 0 Å². The van der Waals surface area contributed by atoms with Gasteiger partial charge in [0.05, 0.1) is 4.90 Å². The highest BCUT2D eigenvalue weighted by Crippen LogP contribution is 2.27. The fourth-order valence-corrected chi connectivity index (χ4v) is 5.68. The molecule has 0 amide bonds. The van der Waals surface area contributed by atoms with E-state index in [-0.39, 0.29) is 0 Å². The third kappa shape index (κ3) is 3.96. The molecule has 6 heteroatoms. The summed E-state index contributed by atoms with van der Waals surface area (Å²) in [5.74, 6) is 0. The number of hydrogen-bond donors (Lipinski definition) is 0. The second-order valence-corrected chi connectivity index (χ2v) is 9.40. The van der Waals surface area contributed by atoms with Gasteiger partial charge in [-0.2, -0.15) is 4.31 Å². The number of aryl methyl sites for hydroxylation is 3. The lowest BCUT2D eigenvalue weighted by Crippen LogP contribution is -2.48. The number of rotatable bonds is 4. The van der Waals surface area contributed by atoms with Gasteiger partial charge in [-0.05, 0) is 56.2 Å². The standard InChI is InChI=1S/C21H29N3O2S/c1-16-14-17(2)21(18(3)15-16)27(25,26)24-12-10-23(11-13-24)20-8-6-19(7-9-20)22(4)5/h6-9,14-15H,10-13H2,1-5H3. The van der Waals surface area contributed by atoms with Gasteiger partial charge >= 0.3 is 0 Å². The van der Waals surface area contributed by atoms with E-state index in [0.717, 1.165) is 28.1 Å². The van der Waals surface area contributed by atoms with E-state index in [2.05, 4.69) is 34.1 Å². The van der Waals surface area contributed by atoms with Crippen LogP contribution < -0.4 is 9.80 Å². The van der Waals surface area contributed by atoms with Crippen LogP contribution in [0.25, 0.3) is 0 Å². The van der Waals surface area contributed by atoms with Crippen molar-refractivity contribution in [2.45, 2.75) is 25.7 Å². The molecule has 1 aliphatic rings. The van der Waals surface area contributed by atoms with E-state index in [1.165, 1.54) is 0 Å². The molecule has 1 fully saturated rings. The van der Waals surface area contributed by atoms with Gasteiger partial charge in [-0.3, -0.25) is 0 Å². The Balaban J connectivity index is 1.75. The van der Waals surface area contributed by atoms with Crippen molar-refractivity contribution in [1.29, 1.82) is 0 Å². The third-order valence-corrected chi connectivity index (χ3v) is 7.38. The van der Waals surface area contributed by atoms with Gasteiger partial charge in [0.15, 0.2) is 0 Å². The van der Waals surface area contributed by atoms with Crippen molar-refractivity contribution in [3.63, 3.8) is 0 Å². The average Bonchev–Trinajstić information content (AvgIpc) is 2.61. The molecule has 0 aromatic heterocycles. The first-order chi connectivity index (χ1) is 12.7. The Morgan fingerprint density at radius 3 is 1.85 bits per heavy atom. The van der Waals surface area contributed by atoms with Crippen LogP contribution in [0.1, 0.15) is 16.7 Å². The Morgan fingerprint density at radius 2 is 1.37 bits per heavy atom. The van der Waals surface area contributed by atoms with Gasteiger partial charge in [0, 0.05) is 51.6 Å². The lowest BCUT2D eigenvalue weighted by Gasteiger charge is -2.36. The van der Waals surface area contributed by atoms with Crippen molar-refractivity contribution in [3.05, 3.63) is 53.1 Å². The van der Waals surface area contributed by atoms with E-state index in [1.54, 1.807) is 4.31 Å². The summed E-state index contributed by atoms with van der Waals surface area (Å²) in [6.07, 6.45) is 0. The molecular weight excluding hydrogens is 358 g/mol. The van der Waals surface area contributed by atoms with Crippen molar-refractivity contribution in [2.75, 3.05) is 50.1 Å². The maximum absolute atomic E-state index is 13.2. The molecule has 1 heterocycles. The molecule has 0 radical (unpaired) electrons. The minimum Gasteiger partial charge on any atom is -0.378 e. The molecule has 5 nitrogen and oxygen atoms in total. The highest BCUT2D eigenvalue weighted by molar-refractivity contribution is 7.89. The van der Waals surface area contributed by atoms with Crippen molar-refractivity contribution in [2.24, 2.45) is 0 Å². The van der Waals surface area contributed by atoms with Crippen LogP contribution in [0.2, 0.25) is 0 Å². The predicted molar refractivity (Wildman–Crippen MR) is 112 cm³/mol. The molecule has 0 aliphatic carbocycles. The van der Waals surface area contributed by atoms with Crippen LogP contribution in [-0.2, 0) is 10.0 Å². The fraction of sp³-hybridized carbons (Fsp3) is 0.429. The summed E-state index contributed by atoms with van der Waals surface area (Å²) in [7, 11) is 0.579. The Bertz CT molecular complexity index is 890. The molecule has 0 bridgehead atoms. The van der Waals surface area contributed by atoms with Crippen LogP contribution in [0, 0.1) is 20.8 Å². The maximum atomic E-state index is 13.2. The van der Waals surface area contributed by atoms with Gasteiger partial charge in [-0.15, -0.1) is 0 Å². The zero-order chi connectivity index (χ0) is 19.8. The summed E-state index contributed by atoms with van der Waals surface area (Å²) in [5, 5.41) is 0. The summed E-state index contributed by atoms with van der Waals surface area (Å²) in [6.45, 7) is 8.17. The SMILES string of the molecule is Cc1cc(C)c(S(=O)(=O)N2CCN(c3ccc(N(C)C)cc3)CC2)c(C)c1. The molecular formula is C21H29N3O2S. The quantitative estimate of drug-likeness (QED) is 0.808. The molecule has 0 spiro atoms. The molecule has 0 atom stereocenters. The zero-order valence-corrected chi connectivity index (χ0v) is 17.7. The number of anilines is 2. The Kier molecular flexibility index (Phi) is 5.49. The van der Waals surface area contributed by atoms with Gasteiger partial charge in [-0.25, -0.2) is 8.42 Å².